The molecule has 0 fully saturated rings. The molecule has 4 heteroatoms. The van der Waals surface area contributed by atoms with Gasteiger partial charge in [-0.1, -0.05) is 30.3 Å². The van der Waals surface area contributed by atoms with Gasteiger partial charge >= 0.3 is 0 Å². The molecular formula is C11H17ClNOP. The minimum atomic E-state index is -2.66. The molecule has 0 aliphatic heterocycles. The van der Waals surface area contributed by atoms with Gasteiger partial charge in [0.2, 0.25) is 0 Å². The first-order chi connectivity index (χ1) is 6.87. The lowest BCUT2D eigenvalue weighted by Crippen LogP contribution is -2.36. The molecular weight excluding hydrogens is 229 g/mol. The van der Waals surface area contributed by atoms with Crippen LogP contribution in [0.2, 0.25) is 0 Å². The van der Waals surface area contributed by atoms with Crippen LogP contribution >= 0.6 is 18.9 Å². The summed E-state index contributed by atoms with van der Waals surface area (Å²) >= 11 is 5.82. The number of hydrogen-bond acceptors (Lipinski definition) is 1. The van der Waals surface area contributed by atoms with Crippen LogP contribution in [-0.2, 0) is 4.57 Å². The van der Waals surface area contributed by atoms with Crippen molar-refractivity contribution in [1.29, 1.82) is 0 Å². The third-order valence-corrected chi connectivity index (χ3v) is 5.37. The molecule has 0 heterocycles. The van der Waals surface area contributed by atoms with E-state index in [1.165, 1.54) is 0 Å². The molecule has 1 atom stereocenters. The van der Waals surface area contributed by atoms with E-state index in [1.54, 1.807) is 0 Å². The Hall–Kier alpha value is -0.300. The van der Waals surface area contributed by atoms with Crippen LogP contribution in [-0.4, -0.2) is 11.2 Å². The van der Waals surface area contributed by atoms with Crippen LogP contribution in [0.5, 0.6) is 0 Å². The number of benzene rings is 1. The molecule has 1 N–H and O–H groups in total. The second-order valence-electron chi connectivity index (χ2n) is 4.56. The van der Waals surface area contributed by atoms with E-state index < -0.39 is 7.29 Å². The Bertz CT molecular complexity index is 359. The molecule has 1 rings (SSSR count). The van der Waals surface area contributed by atoms with Crippen LogP contribution in [0.25, 0.3) is 0 Å². The quantitative estimate of drug-likeness (QED) is 0.655. The Morgan fingerprint density at radius 1 is 1.27 bits per heavy atom. The van der Waals surface area contributed by atoms with E-state index in [0.717, 1.165) is 5.30 Å². The summed E-state index contributed by atoms with van der Waals surface area (Å²) in [7, 11) is -2.66. The Balaban J connectivity index is 3.02. The number of rotatable bonds is 3. The van der Waals surface area contributed by atoms with Crippen molar-refractivity contribution in [2.75, 3.05) is 5.62 Å². The molecule has 0 radical (unpaired) electrons. The largest absolute Gasteiger partial charge is 0.300 e. The lowest BCUT2D eigenvalue weighted by molar-refractivity contribution is 0.496. The number of alkyl halides is 1. The Labute approximate surface area is 96.5 Å². The van der Waals surface area contributed by atoms with Gasteiger partial charge in [0.25, 0.3) is 0 Å². The zero-order valence-electron chi connectivity index (χ0n) is 9.33. The SMILES string of the molecule is CC(C)(C)NP(=O)(CCl)c1ccccc1. The van der Waals surface area contributed by atoms with Crippen molar-refractivity contribution in [2.24, 2.45) is 0 Å². The summed E-state index contributed by atoms with van der Waals surface area (Å²) in [6.07, 6.45) is 0. The molecule has 0 aliphatic carbocycles. The summed E-state index contributed by atoms with van der Waals surface area (Å²) in [5.41, 5.74) is -0.0887. The Morgan fingerprint density at radius 3 is 2.20 bits per heavy atom. The number of halogens is 1. The van der Waals surface area contributed by atoms with Crippen molar-refractivity contribution >= 4 is 24.2 Å². The smallest absolute Gasteiger partial charge is 0.190 e. The summed E-state index contributed by atoms with van der Waals surface area (Å²) in [6, 6.07) is 9.35. The van der Waals surface area contributed by atoms with Gasteiger partial charge in [-0.2, -0.15) is 0 Å². The summed E-state index contributed by atoms with van der Waals surface area (Å²) < 4.78 is 12.6. The molecule has 2 nitrogen and oxygen atoms in total. The standard InChI is InChI=1S/C11H17ClNOP/c1-11(2,3)13-15(14,9-12)10-7-5-4-6-8-10/h4-8H,9H2,1-3H3,(H,13,14). The molecule has 0 saturated heterocycles. The minimum Gasteiger partial charge on any atom is -0.300 e. The summed E-state index contributed by atoms with van der Waals surface area (Å²) in [4.78, 5) is 0. The maximum Gasteiger partial charge on any atom is 0.190 e. The average Bonchev–Trinajstić information content (AvgIpc) is 2.16. The fourth-order valence-electron chi connectivity index (χ4n) is 1.37. The summed E-state index contributed by atoms with van der Waals surface area (Å²) in [5.74, 6) is 0. The first-order valence-electron chi connectivity index (χ1n) is 4.87. The van der Waals surface area contributed by atoms with Gasteiger partial charge in [0, 0.05) is 10.8 Å². The fourth-order valence-corrected chi connectivity index (χ4v) is 4.03. The third-order valence-electron chi connectivity index (χ3n) is 1.86. The predicted molar refractivity (Wildman–Crippen MR) is 67.3 cm³/mol. The van der Waals surface area contributed by atoms with Gasteiger partial charge in [0.1, 0.15) is 0 Å². The second-order valence-corrected chi connectivity index (χ2v) is 7.73. The number of hydrogen-bond donors (Lipinski definition) is 1. The van der Waals surface area contributed by atoms with Crippen LogP contribution in [0.1, 0.15) is 20.8 Å². The zero-order chi connectivity index (χ0) is 11.5. The topological polar surface area (TPSA) is 29.1 Å². The van der Waals surface area contributed by atoms with E-state index in [4.69, 9.17) is 11.6 Å². The van der Waals surface area contributed by atoms with E-state index >= 15 is 0 Å². The van der Waals surface area contributed by atoms with Crippen LogP contribution in [0.15, 0.2) is 30.3 Å². The summed E-state index contributed by atoms with van der Waals surface area (Å²) in [5, 5.41) is 3.91. The van der Waals surface area contributed by atoms with Crippen molar-refractivity contribution in [3.05, 3.63) is 30.3 Å². The van der Waals surface area contributed by atoms with Crippen LogP contribution in [0.3, 0.4) is 0 Å². The molecule has 0 saturated carbocycles. The number of nitrogens with one attached hydrogen (secondary N) is 1. The van der Waals surface area contributed by atoms with Gasteiger partial charge in [-0.25, -0.2) is 0 Å². The highest BCUT2D eigenvalue weighted by Gasteiger charge is 2.28. The minimum absolute atomic E-state index is 0.119. The molecule has 15 heavy (non-hydrogen) atoms. The van der Waals surface area contributed by atoms with E-state index in [-0.39, 0.29) is 11.2 Å². The highest BCUT2D eigenvalue weighted by atomic mass is 35.5. The molecule has 1 unspecified atom stereocenters. The van der Waals surface area contributed by atoms with E-state index in [9.17, 15) is 4.57 Å². The zero-order valence-corrected chi connectivity index (χ0v) is 11.0. The van der Waals surface area contributed by atoms with Crippen molar-refractivity contribution in [3.8, 4) is 0 Å². The van der Waals surface area contributed by atoms with Gasteiger partial charge in [-0.05, 0) is 20.8 Å². The molecule has 0 aromatic heterocycles. The van der Waals surface area contributed by atoms with Gasteiger partial charge < -0.3 is 4.57 Å². The molecule has 0 aliphatic rings. The van der Waals surface area contributed by atoms with Gasteiger partial charge in [0.05, 0.1) is 5.62 Å². The van der Waals surface area contributed by atoms with Crippen LogP contribution in [0.4, 0.5) is 0 Å². The highest BCUT2D eigenvalue weighted by Crippen LogP contribution is 2.42. The van der Waals surface area contributed by atoms with Crippen molar-refractivity contribution in [3.63, 3.8) is 0 Å². The highest BCUT2D eigenvalue weighted by molar-refractivity contribution is 7.71. The molecule has 1 aromatic carbocycles. The van der Waals surface area contributed by atoms with E-state index in [0.29, 0.717) is 0 Å². The molecule has 0 spiro atoms. The van der Waals surface area contributed by atoms with Crippen molar-refractivity contribution in [2.45, 2.75) is 26.3 Å². The Kier molecular flexibility index (Phi) is 3.99. The van der Waals surface area contributed by atoms with E-state index in [2.05, 4.69) is 5.09 Å². The lowest BCUT2D eigenvalue weighted by Gasteiger charge is -2.27. The summed E-state index contributed by atoms with van der Waals surface area (Å²) in [6.45, 7) is 5.94. The van der Waals surface area contributed by atoms with E-state index in [1.807, 2.05) is 51.1 Å². The second kappa shape index (κ2) is 4.69. The monoisotopic (exact) mass is 245 g/mol. The maximum absolute atomic E-state index is 12.6. The normalized spacial score (nSPS) is 16.0. The van der Waals surface area contributed by atoms with Gasteiger partial charge in [-0.15, -0.1) is 11.6 Å². The lowest BCUT2D eigenvalue weighted by atomic mass is 10.1. The average molecular weight is 246 g/mol. The molecule has 84 valence electrons. The molecule has 1 aromatic rings. The van der Waals surface area contributed by atoms with Crippen LogP contribution in [0, 0.1) is 0 Å². The molecule has 0 amide bonds. The van der Waals surface area contributed by atoms with Crippen molar-refractivity contribution < 1.29 is 4.57 Å². The van der Waals surface area contributed by atoms with Crippen LogP contribution < -0.4 is 10.4 Å². The predicted octanol–water partition coefficient (Wildman–Crippen LogP) is 3.17. The van der Waals surface area contributed by atoms with Crippen molar-refractivity contribution in [1.82, 2.24) is 5.09 Å². The first-order valence-corrected chi connectivity index (χ1v) is 7.30. The molecule has 0 bridgehead atoms. The van der Waals surface area contributed by atoms with Gasteiger partial charge in [-0.3, -0.25) is 5.09 Å². The third kappa shape index (κ3) is 3.64. The van der Waals surface area contributed by atoms with Gasteiger partial charge in [0.15, 0.2) is 7.29 Å². The maximum atomic E-state index is 12.6. The fraction of sp³-hybridized carbons (Fsp3) is 0.455. The Morgan fingerprint density at radius 2 is 1.80 bits per heavy atom. The first kappa shape index (κ1) is 12.8.